The monoisotopic (exact) mass is 311 g/mol. The number of rotatable bonds is 3. The zero-order valence-electron chi connectivity index (χ0n) is 12.5. The van der Waals surface area contributed by atoms with E-state index in [0.29, 0.717) is 5.69 Å². The molecule has 0 amide bonds. The van der Waals surface area contributed by atoms with Crippen molar-refractivity contribution in [3.8, 4) is 0 Å². The first-order chi connectivity index (χ1) is 10.4. The Morgan fingerprint density at radius 2 is 1.36 bits per heavy atom. The molecule has 0 aromatic heterocycles. The summed E-state index contributed by atoms with van der Waals surface area (Å²) in [5.41, 5.74) is 2.74. The Hall–Kier alpha value is -2.33. The molecule has 0 aliphatic carbocycles. The van der Waals surface area contributed by atoms with Gasteiger partial charge in [0.05, 0.1) is 4.90 Å². The summed E-state index contributed by atoms with van der Waals surface area (Å²) in [6, 6.07) is 18.5. The molecule has 0 saturated heterocycles. The lowest BCUT2D eigenvalue weighted by molar-refractivity contribution is 0.601. The second-order valence-electron chi connectivity index (χ2n) is 5.48. The van der Waals surface area contributed by atoms with Crippen LogP contribution in [-0.2, 0) is 10.0 Å². The number of hydrogen-bond acceptors (Lipinski definition) is 2. The Labute approximate surface area is 130 Å². The first kappa shape index (κ1) is 14.6. The molecule has 112 valence electrons. The summed E-state index contributed by atoms with van der Waals surface area (Å²) in [5.74, 6) is 0. The van der Waals surface area contributed by atoms with Crippen molar-refractivity contribution in [2.75, 3.05) is 4.72 Å². The van der Waals surface area contributed by atoms with E-state index in [1.807, 2.05) is 44.2 Å². The van der Waals surface area contributed by atoms with Crippen LogP contribution in [0.1, 0.15) is 11.1 Å². The molecule has 3 nitrogen and oxygen atoms in total. The summed E-state index contributed by atoms with van der Waals surface area (Å²) in [6.07, 6.45) is 0. The molecular formula is C18H17NO2S. The van der Waals surface area contributed by atoms with Crippen molar-refractivity contribution >= 4 is 26.5 Å². The standard InChI is InChI=1S/C18H17NO2S/c1-13-4-9-18(10-5-13)22(20,21)19-17-8-7-15-6-3-14(2)11-16(15)12-17/h3-12,19H,1-2H3. The minimum absolute atomic E-state index is 0.266. The van der Waals surface area contributed by atoms with Crippen LogP contribution in [-0.4, -0.2) is 8.42 Å². The average Bonchev–Trinajstić information content (AvgIpc) is 2.47. The van der Waals surface area contributed by atoms with E-state index in [1.165, 1.54) is 0 Å². The van der Waals surface area contributed by atoms with Gasteiger partial charge in [-0.05, 0) is 48.9 Å². The van der Waals surface area contributed by atoms with Gasteiger partial charge < -0.3 is 0 Å². The van der Waals surface area contributed by atoms with Gasteiger partial charge in [0, 0.05) is 5.69 Å². The Morgan fingerprint density at radius 3 is 2.09 bits per heavy atom. The highest BCUT2D eigenvalue weighted by molar-refractivity contribution is 7.92. The maximum absolute atomic E-state index is 12.4. The molecule has 0 fully saturated rings. The topological polar surface area (TPSA) is 46.2 Å². The third kappa shape index (κ3) is 2.97. The van der Waals surface area contributed by atoms with Crippen molar-refractivity contribution in [2.24, 2.45) is 0 Å². The minimum Gasteiger partial charge on any atom is -0.280 e. The number of nitrogens with one attached hydrogen (secondary N) is 1. The second-order valence-corrected chi connectivity index (χ2v) is 7.17. The van der Waals surface area contributed by atoms with E-state index in [1.54, 1.807) is 30.3 Å². The van der Waals surface area contributed by atoms with Gasteiger partial charge in [0.1, 0.15) is 0 Å². The predicted molar refractivity (Wildman–Crippen MR) is 90.7 cm³/mol. The molecule has 0 aliphatic heterocycles. The van der Waals surface area contributed by atoms with Crippen molar-refractivity contribution in [3.05, 3.63) is 71.8 Å². The van der Waals surface area contributed by atoms with Crippen LogP contribution in [0.3, 0.4) is 0 Å². The van der Waals surface area contributed by atoms with E-state index < -0.39 is 10.0 Å². The van der Waals surface area contributed by atoms with Crippen molar-refractivity contribution in [1.82, 2.24) is 0 Å². The molecule has 0 aliphatic rings. The number of benzene rings is 3. The highest BCUT2D eigenvalue weighted by atomic mass is 32.2. The van der Waals surface area contributed by atoms with Crippen molar-refractivity contribution in [3.63, 3.8) is 0 Å². The smallest absolute Gasteiger partial charge is 0.261 e. The van der Waals surface area contributed by atoms with Crippen LogP contribution in [0.5, 0.6) is 0 Å². The first-order valence-corrected chi connectivity index (χ1v) is 8.52. The fourth-order valence-corrected chi connectivity index (χ4v) is 3.41. The Morgan fingerprint density at radius 1 is 0.727 bits per heavy atom. The average molecular weight is 311 g/mol. The van der Waals surface area contributed by atoms with Crippen LogP contribution in [0.15, 0.2) is 65.6 Å². The van der Waals surface area contributed by atoms with Gasteiger partial charge in [-0.3, -0.25) is 4.72 Å². The molecule has 0 bridgehead atoms. The van der Waals surface area contributed by atoms with Gasteiger partial charge in [0.2, 0.25) is 0 Å². The van der Waals surface area contributed by atoms with E-state index in [-0.39, 0.29) is 4.90 Å². The van der Waals surface area contributed by atoms with Crippen LogP contribution < -0.4 is 4.72 Å². The zero-order chi connectivity index (χ0) is 15.7. The Kier molecular flexibility index (Phi) is 3.62. The molecule has 0 saturated carbocycles. The number of fused-ring (bicyclic) bond motifs is 1. The quantitative estimate of drug-likeness (QED) is 0.785. The normalized spacial score (nSPS) is 11.5. The zero-order valence-corrected chi connectivity index (χ0v) is 13.3. The summed E-state index contributed by atoms with van der Waals surface area (Å²) < 4.78 is 27.4. The fourth-order valence-electron chi connectivity index (χ4n) is 2.36. The lowest BCUT2D eigenvalue weighted by Crippen LogP contribution is -2.12. The van der Waals surface area contributed by atoms with E-state index >= 15 is 0 Å². The number of hydrogen-bond donors (Lipinski definition) is 1. The molecule has 0 unspecified atom stereocenters. The van der Waals surface area contributed by atoms with Crippen LogP contribution >= 0.6 is 0 Å². The van der Waals surface area contributed by atoms with Gasteiger partial charge in [-0.1, -0.05) is 47.5 Å². The Bertz CT molecular complexity index is 929. The number of sulfonamides is 1. The van der Waals surface area contributed by atoms with E-state index in [0.717, 1.165) is 21.9 Å². The molecule has 22 heavy (non-hydrogen) atoms. The summed E-state index contributed by atoms with van der Waals surface area (Å²) in [6.45, 7) is 3.94. The highest BCUT2D eigenvalue weighted by Crippen LogP contribution is 2.23. The van der Waals surface area contributed by atoms with Gasteiger partial charge in [-0.25, -0.2) is 8.42 Å². The van der Waals surface area contributed by atoms with Crippen LogP contribution in [0.4, 0.5) is 5.69 Å². The van der Waals surface area contributed by atoms with Crippen LogP contribution in [0.25, 0.3) is 10.8 Å². The minimum atomic E-state index is -3.56. The summed E-state index contributed by atoms with van der Waals surface area (Å²) in [7, 11) is -3.56. The van der Waals surface area contributed by atoms with Crippen molar-refractivity contribution in [2.45, 2.75) is 18.7 Å². The van der Waals surface area contributed by atoms with Crippen LogP contribution in [0.2, 0.25) is 0 Å². The largest absolute Gasteiger partial charge is 0.280 e. The molecule has 0 radical (unpaired) electrons. The molecule has 4 heteroatoms. The SMILES string of the molecule is Cc1ccc(S(=O)(=O)Nc2ccc3ccc(C)cc3c2)cc1. The Balaban J connectivity index is 1.96. The molecule has 3 rings (SSSR count). The number of anilines is 1. The summed E-state index contributed by atoms with van der Waals surface area (Å²) in [4.78, 5) is 0.266. The second kappa shape index (κ2) is 5.46. The fraction of sp³-hybridized carbons (Fsp3) is 0.111. The van der Waals surface area contributed by atoms with Crippen molar-refractivity contribution in [1.29, 1.82) is 0 Å². The van der Waals surface area contributed by atoms with Gasteiger partial charge in [0.25, 0.3) is 10.0 Å². The predicted octanol–water partition coefficient (Wildman–Crippen LogP) is 4.26. The van der Waals surface area contributed by atoms with Gasteiger partial charge in [-0.15, -0.1) is 0 Å². The maximum Gasteiger partial charge on any atom is 0.261 e. The molecule has 0 atom stereocenters. The molecule has 3 aromatic carbocycles. The summed E-state index contributed by atoms with van der Waals surface area (Å²) in [5, 5.41) is 2.10. The number of aryl methyl sites for hydroxylation is 2. The van der Waals surface area contributed by atoms with Crippen molar-refractivity contribution < 1.29 is 8.42 Å². The van der Waals surface area contributed by atoms with Gasteiger partial charge in [0.15, 0.2) is 0 Å². The molecule has 0 heterocycles. The molecule has 3 aromatic rings. The molecule has 0 spiro atoms. The van der Waals surface area contributed by atoms with E-state index in [9.17, 15) is 8.42 Å². The lowest BCUT2D eigenvalue weighted by Gasteiger charge is -2.09. The van der Waals surface area contributed by atoms with E-state index in [4.69, 9.17) is 0 Å². The summed E-state index contributed by atoms with van der Waals surface area (Å²) >= 11 is 0. The van der Waals surface area contributed by atoms with Gasteiger partial charge >= 0.3 is 0 Å². The lowest BCUT2D eigenvalue weighted by atomic mass is 10.1. The third-order valence-corrected chi connectivity index (χ3v) is 4.98. The highest BCUT2D eigenvalue weighted by Gasteiger charge is 2.13. The van der Waals surface area contributed by atoms with E-state index in [2.05, 4.69) is 4.72 Å². The van der Waals surface area contributed by atoms with Crippen LogP contribution in [0, 0.1) is 13.8 Å². The third-order valence-electron chi connectivity index (χ3n) is 3.58. The first-order valence-electron chi connectivity index (χ1n) is 7.04. The maximum atomic E-state index is 12.4. The molecular weight excluding hydrogens is 294 g/mol. The molecule has 1 N–H and O–H groups in total. The van der Waals surface area contributed by atoms with Gasteiger partial charge in [-0.2, -0.15) is 0 Å².